The van der Waals surface area contributed by atoms with Crippen LogP contribution in [0.15, 0.2) is 29.6 Å². The summed E-state index contributed by atoms with van der Waals surface area (Å²) in [7, 11) is 1.72. The number of amides is 1. The summed E-state index contributed by atoms with van der Waals surface area (Å²) in [6.45, 7) is 0.296. The zero-order valence-corrected chi connectivity index (χ0v) is 11.7. The molecular weight excluding hydrogens is 274 g/mol. The number of aromatic nitrogens is 2. The van der Waals surface area contributed by atoms with E-state index < -0.39 is 0 Å². The van der Waals surface area contributed by atoms with Crippen LogP contribution < -0.4 is 0 Å². The highest BCUT2D eigenvalue weighted by Crippen LogP contribution is 2.09. The number of hydrogen-bond donors (Lipinski definition) is 1. The molecule has 5 nitrogen and oxygen atoms in total. The summed E-state index contributed by atoms with van der Waals surface area (Å²) in [6, 6.07) is 7.55. The fourth-order valence-corrected chi connectivity index (χ4v) is 2.12. The lowest BCUT2D eigenvalue weighted by Gasteiger charge is -2.15. The third kappa shape index (κ3) is 3.63. The van der Waals surface area contributed by atoms with E-state index in [0.29, 0.717) is 12.2 Å². The van der Waals surface area contributed by atoms with Gasteiger partial charge >= 0.3 is 0 Å². The van der Waals surface area contributed by atoms with E-state index in [0.717, 1.165) is 22.7 Å². The van der Waals surface area contributed by atoms with Crippen molar-refractivity contribution in [2.75, 3.05) is 13.7 Å². The lowest BCUT2D eigenvalue weighted by molar-refractivity contribution is 0.0779. The van der Waals surface area contributed by atoms with Crippen molar-refractivity contribution in [1.29, 1.82) is 0 Å². The molecule has 0 saturated heterocycles. The number of hydrogen-bond acceptors (Lipinski definition) is 5. The molecule has 2 aromatic rings. The molecule has 1 amide bonds. The van der Waals surface area contributed by atoms with Crippen LogP contribution in [0, 0.1) is 11.8 Å². The SMILES string of the molecule is CN(Cc1cccc(C#CCO)c1)C(=O)c1csnn1. The minimum atomic E-state index is -0.167. The Bertz CT molecular complexity index is 644. The van der Waals surface area contributed by atoms with Gasteiger partial charge in [0.2, 0.25) is 0 Å². The molecule has 0 unspecified atom stereocenters. The Labute approximate surface area is 121 Å². The Morgan fingerprint density at radius 3 is 3.05 bits per heavy atom. The van der Waals surface area contributed by atoms with Crippen LogP contribution in [0.1, 0.15) is 21.6 Å². The number of nitrogens with zero attached hydrogens (tertiary/aromatic N) is 3. The Balaban J connectivity index is 2.08. The monoisotopic (exact) mass is 287 g/mol. The molecule has 0 bridgehead atoms. The number of benzene rings is 1. The number of carbonyl (C=O) groups excluding carboxylic acids is 1. The van der Waals surface area contributed by atoms with Gasteiger partial charge in [-0.25, -0.2) is 0 Å². The average Bonchev–Trinajstić information content (AvgIpc) is 2.98. The van der Waals surface area contributed by atoms with E-state index in [4.69, 9.17) is 5.11 Å². The second-order valence-corrected chi connectivity index (χ2v) is 4.72. The lowest BCUT2D eigenvalue weighted by atomic mass is 10.1. The fourth-order valence-electron chi connectivity index (χ4n) is 1.69. The van der Waals surface area contributed by atoms with Crippen LogP contribution in [0.5, 0.6) is 0 Å². The predicted octanol–water partition coefficient (Wildman–Crippen LogP) is 1.15. The maximum Gasteiger partial charge on any atom is 0.275 e. The molecule has 1 aromatic carbocycles. The molecule has 0 fully saturated rings. The van der Waals surface area contributed by atoms with E-state index in [-0.39, 0.29) is 12.5 Å². The van der Waals surface area contributed by atoms with Crippen LogP contribution in [0.4, 0.5) is 0 Å². The lowest BCUT2D eigenvalue weighted by Crippen LogP contribution is -2.26. The van der Waals surface area contributed by atoms with Gasteiger partial charge < -0.3 is 10.0 Å². The second-order valence-electron chi connectivity index (χ2n) is 4.11. The van der Waals surface area contributed by atoms with Crippen molar-refractivity contribution < 1.29 is 9.90 Å². The highest BCUT2D eigenvalue weighted by atomic mass is 32.1. The molecule has 102 valence electrons. The molecule has 20 heavy (non-hydrogen) atoms. The van der Waals surface area contributed by atoms with Gasteiger partial charge in [0, 0.05) is 24.5 Å². The summed E-state index contributed by atoms with van der Waals surface area (Å²) in [5.41, 5.74) is 2.13. The first kappa shape index (κ1) is 14.2. The largest absolute Gasteiger partial charge is 0.384 e. The molecule has 2 rings (SSSR count). The van der Waals surface area contributed by atoms with Gasteiger partial charge in [0.25, 0.3) is 5.91 Å². The van der Waals surface area contributed by atoms with Crippen LogP contribution in [-0.2, 0) is 6.54 Å². The van der Waals surface area contributed by atoms with Gasteiger partial charge in [-0.2, -0.15) is 0 Å². The summed E-state index contributed by atoms with van der Waals surface area (Å²) < 4.78 is 3.68. The van der Waals surface area contributed by atoms with Crippen LogP contribution in [0.25, 0.3) is 0 Å². The standard InChI is InChI=1S/C14H13N3O2S/c1-17(14(19)13-10-20-16-15-13)9-12-5-2-4-11(8-12)6-3-7-18/h2,4-5,8,10,18H,7,9H2,1H3. The first-order valence-electron chi connectivity index (χ1n) is 5.92. The van der Waals surface area contributed by atoms with Crippen LogP contribution in [-0.4, -0.2) is 39.2 Å². The maximum atomic E-state index is 12.0. The molecule has 0 spiro atoms. The zero-order chi connectivity index (χ0) is 14.4. The number of rotatable bonds is 3. The molecule has 1 N–H and O–H groups in total. The minimum Gasteiger partial charge on any atom is -0.384 e. The van der Waals surface area contributed by atoms with E-state index in [9.17, 15) is 4.79 Å². The van der Waals surface area contributed by atoms with Gasteiger partial charge in [-0.05, 0) is 29.2 Å². The molecule has 0 radical (unpaired) electrons. The van der Waals surface area contributed by atoms with Gasteiger partial charge in [-0.3, -0.25) is 4.79 Å². The van der Waals surface area contributed by atoms with Crippen LogP contribution in [0.3, 0.4) is 0 Å². The normalized spacial score (nSPS) is 9.70. The Kier molecular flexibility index (Phi) is 4.82. The quantitative estimate of drug-likeness (QED) is 0.860. The van der Waals surface area contributed by atoms with Gasteiger partial charge in [-0.15, -0.1) is 5.10 Å². The molecule has 0 aliphatic heterocycles. The Hall–Kier alpha value is -2.23. The smallest absolute Gasteiger partial charge is 0.275 e. The van der Waals surface area contributed by atoms with Gasteiger partial charge in [-0.1, -0.05) is 28.5 Å². The predicted molar refractivity (Wildman–Crippen MR) is 76.1 cm³/mol. The van der Waals surface area contributed by atoms with E-state index in [1.807, 2.05) is 24.3 Å². The minimum absolute atomic E-state index is 0.161. The van der Waals surface area contributed by atoms with Gasteiger partial charge in [0.15, 0.2) is 5.69 Å². The highest BCUT2D eigenvalue weighted by molar-refractivity contribution is 7.03. The molecular formula is C14H13N3O2S. The van der Waals surface area contributed by atoms with Crippen molar-refractivity contribution >= 4 is 17.4 Å². The van der Waals surface area contributed by atoms with E-state index >= 15 is 0 Å². The second kappa shape index (κ2) is 6.80. The Morgan fingerprint density at radius 1 is 1.50 bits per heavy atom. The summed E-state index contributed by atoms with van der Waals surface area (Å²) >= 11 is 1.15. The third-order valence-corrected chi connectivity index (χ3v) is 3.09. The summed E-state index contributed by atoms with van der Waals surface area (Å²) in [6.07, 6.45) is 0. The first-order valence-corrected chi connectivity index (χ1v) is 6.75. The van der Waals surface area contributed by atoms with E-state index in [2.05, 4.69) is 21.4 Å². The molecule has 1 aromatic heterocycles. The molecule has 6 heteroatoms. The van der Waals surface area contributed by atoms with Gasteiger partial charge in [0.05, 0.1) is 0 Å². The van der Waals surface area contributed by atoms with E-state index in [1.54, 1.807) is 17.3 Å². The molecule has 0 aliphatic carbocycles. The topological polar surface area (TPSA) is 66.3 Å². The van der Waals surface area contributed by atoms with Crippen molar-refractivity contribution in [1.82, 2.24) is 14.5 Å². The number of aliphatic hydroxyl groups excluding tert-OH is 1. The van der Waals surface area contributed by atoms with Crippen molar-refractivity contribution in [2.24, 2.45) is 0 Å². The summed E-state index contributed by atoms with van der Waals surface area (Å²) in [5.74, 6) is 5.28. The molecule has 0 saturated carbocycles. The average molecular weight is 287 g/mol. The van der Waals surface area contributed by atoms with Crippen molar-refractivity contribution in [3.8, 4) is 11.8 Å². The van der Waals surface area contributed by atoms with Crippen LogP contribution >= 0.6 is 11.5 Å². The number of carbonyl (C=O) groups is 1. The highest BCUT2D eigenvalue weighted by Gasteiger charge is 2.14. The van der Waals surface area contributed by atoms with Crippen molar-refractivity contribution in [3.63, 3.8) is 0 Å². The summed E-state index contributed by atoms with van der Waals surface area (Å²) in [5, 5.41) is 14.1. The maximum absolute atomic E-state index is 12.0. The first-order chi connectivity index (χ1) is 9.70. The Morgan fingerprint density at radius 2 is 2.35 bits per heavy atom. The molecule has 0 atom stereocenters. The number of aliphatic hydroxyl groups is 1. The van der Waals surface area contributed by atoms with Gasteiger partial charge in [0.1, 0.15) is 6.61 Å². The van der Waals surface area contributed by atoms with Crippen molar-refractivity contribution in [3.05, 3.63) is 46.5 Å². The van der Waals surface area contributed by atoms with Crippen LogP contribution in [0.2, 0.25) is 0 Å². The third-order valence-electron chi connectivity index (χ3n) is 2.58. The molecule has 0 aliphatic rings. The molecule has 1 heterocycles. The van der Waals surface area contributed by atoms with E-state index in [1.165, 1.54) is 0 Å². The van der Waals surface area contributed by atoms with Crippen molar-refractivity contribution in [2.45, 2.75) is 6.54 Å². The summed E-state index contributed by atoms with van der Waals surface area (Å²) in [4.78, 5) is 13.6. The fraction of sp³-hybridized carbons (Fsp3) is 0.214. The zero-order valence-electron chi connectivity index (χ0n) is 10.9.